The molecule has 0 saturated carbocycles. The largest absolute Gasteiger partial charge is 0.464 e. The highest BCUT2D eigenvalue weighted by molar-refractivity contribution is 6.30. The summed E-state index contributed by atoms with van der Waals surface area (Å²) in [7, 11) is 0. The Balaban J connectivity index is 2.16. The van der Waals surface area contributed by atoms with E-state index in [0.29, 0.717) is 5.02 Å². The van der Waals surface area contributed by atoms with Crippen LogP contribution in [0.4, 0.5) is 0 Å². The molecular formula is C20H16ClNO2. The summed E-state index contributed by atoms with van der Waals surface area (Å²) in [6.45, 7) is 5.59. The Morgan fingerprint density at radius 1 is 1.08 bits per heavy atom. The molecule has 2 heterocycles. The van der Waals surface area contributed by atoms with Gasteiger partial charge in [0.05, 0.1) is 11.8 Å². The average Bonchev–Trinajstić information content (AvgIpc) is 3.03. The summed E-state index contributed by atoms with van der Waals surface area (Å²) >= 11 is 6.02. The van der Waals surface area contributed by atoms with Crippen LogP contribution in [0.5, 0.6) is 0 Å². The second-order valence-electron chi connectivity index (χ2n) is 6.11. The number of aryl methyl sites for hydroxylation is 1. The molecule has 0 saturated heterocycles. The normalized spacial score (nSPS) is 11.5. The van der Waals surface area contributed by atoms with Gasteiger partial charge in [0, 0.05) is 32.7 Å². The van der Waals surface area contributed by atoms with Gasteiger partial charge in [-0.2, -0.15) is 0 Å². The molecule has 0 N–H and O–H groups in total. The second-order valence-corrected chi connectivity index (χ2v) is 6.55. The molecule has 0 amide bonds. The molecule has 0 atom stereocenters. The molecule has 0 radical (unpaired) electrons. The fraction of sp³-hybridized carbons (Fsp3) is 0.150. The molecular weight excluding hydrogens is 322 g/mol. The number of carbonyl (C=O) groups excluding carboxylic acids is 1. The number of carbonyl (C=O) groups is 1. The Kier molecular flexibility index (Phi) is 3.29. The van der Waals surface area contributed by atoms with Crippen LogP contribution < -0.4 is 0 Å². The number of benzene rings is 2. The zero-order valence-corrected chi connectivity index (χ0v) is 14.4. The van der Waals surface area contributed by atoms with E-state index >= 15 is 0 Å². The Morgan fingerprint density at radius 3 is 2.46 bits per heavy atom. The molecule has 3 nitrogen and oxygen atoms in total. The van der Waals surface area contributed by atoms with Gasteiger partial charge in [-0.25, -0.2) is 0 Å². The van der Waals surface area contributed by atoms with Crippen LogP contribution in [0.3, 0.4) is 0 Å². The maximum Gasteiger partial charge on any atom is 0.162 e. The fourth-order valence-electron chi connectivity index (χ4n) is 3.43. The average molecular weight is 338 g/mol. The number of nitrogens with zero attached hydrogens (tertiary/aromatic N) is 1. The van der Waals surface area contributed by atoms with Gasteiger partial charge in [0.1, 0.15) is 5.58 Å². The topological polar surface area (TPSA) is 35.1 Å². The van der Waals surface area contributed by atoms with Crippen LogP contribution in [0.1, 0.15) is 28.5 Å². The summed E-state index contributed by atoms with van der Waals surface area (Å²) in [5.74, 6) is 0.0489. The zero-order chi connectivity index (χ0) is 17.0. The van der Waals surface area contributed by atoms with Crippen LogP contribution in [0.25, 0.3) is 27.6 Å². The summed E-state index contributed by atoms with van der Waals surface area (Å²) in [5, 5.41) is 2.66. The summed E-state index contributed by atoms with van der Waals surface area (Å²) in [6, 6.07) is 11.7. The molecule has 4 aromatic rings. The van der Waals surface area contributed by atoms with E-state index in [0.717, 1.165) is 44.4 Å². The Bertz CT molecular complexity index is 1100. The lowest BCUT2D eigenvalue weighted by Crippen LogP contribution is -1.99. The van der Waals surface area contributed by atoms with Crippen LogP contribution in [0, 0.1) is 13.8 Å². The van der Waals surface area contributed by atoms with Crippen molar-refractivity contribution in [3.8, 4) is 5.69 Å². The monoisotopic (exact) mass is 337 g/mol. The van der Waals surface area contributed by atoms with Gasteiger partial charge in [0.25, 0.3) is 0 Å². The van der Waals surface area contributed by atoms with Crippen molar-refractivity contribution in [3.05, 3.63) is 64.5 Å². The van der Waals surface area contributed by atoms with Crippen molar-refractivity contribution in [1.29, 1.82) is 0 Å². The van der Waals surface area contributed by atoms with Crippen LogP contribution in [-0.4, -0.2) is 10.4 Å². The van der Waals surface area contributed by atoms with Crippen molar-refractivity contribution in [2.75, 3.05) is 0 Å². The lowest BCUT2D eigenvalue weighted by molar-refractivity contribution is 0.101. The SMILES string of the molecule is CC(=O)c1c(C)n(-c2ccc(Cl)cc2)c2cc3c(C)coc3cc12. The molecule has 24 heavy (non-hydrogen) atoms. The smallest absolute Gasteiger partial charge is 0.162 e. The van der Waals surface area contributed by atoms with Crippen molar-refractivity contribution in [2.45, 2.75) is 20.8 Å². The van der Waals surface area contributed by atoms with Gasteiger partial charge < -0.3 is 8.98 Å². The number of aromatic nitrogens is 1. The highest BCUT2D eigenvalue weighted by atomic mass is 35.5. The van der Waals surface area contributed by atoms with E-state index in [1.165, 1.54) is 0 Å². The lowest BCUT2D eigenvalue weighted by Gasteiger charge is -2.09. The van der Waals surface area contributed by atoms with Gasteiger partial charge in [-0.15, -0.1) is 0 Å². The molecule has 0 aliphatic rings. The molecule has 0 aliphatic heterocycles. The van der Waals surface area contributed by atoms with Crippen molar-refractivity contribution >= 4 is 39.3 Å². The fourth-order valence-corrected chi connectivity index (χ4v) is 3.56. The molecule has 2 aromatic carbocycles. The standard InChI is InChI=1S/C20H16ClNO2/c1-11-10-24-19-9-17-18(8-16(11)19)22(12(2)20(17)13(3)23)15-6-4-14(21)5-7-15/h4-10H,1-3H3. The predicted molar refractivity (Wildman–Crippen MR) is 97.5 cm³/mol. The molecule has 0 unspecified atom stereocenters. The highest BCUT2D eigenvalue weighted by Gasteiger charge is 2.20. The van der Waals surface area contributed by atoms with Crippen LogP contribution >= 0.6 is 11.6 Å². The number of hydrogen-bond acceptors (Lipinski definition) is 2. The molecule has 120 valence electrons. The third kappa shape index (κ3) is 2.09. The van der Waals surface area contributed by atoms with Crippen molar-refractivity contribution in [1.82, 2.24) is 4.57 Å². The van der Waals surface area contributed by atoms with Gasteiger partial charge in [0.15, 0.2) is 5.78 Å². The van der Waals surface area contributed by atoms with E-state index in [-0.39, 0.29) is 5.78 Å². The quantitative estimate of drug-likeness (QED) is 0.430. The third-order valence-corrected chi connectivity index (χ3v) is 4.78. The lowest BCUT2D eigenvalue weighted by atomic mass is 10.1. The minimum absolute atomic E-state index is 0.0489. The Labute approximate surface area is 144 Å². The van der Waals surface area contributed by atoms with Gasteiger partial charge in [0.2, 0.25) is 0 Å². The Hall–Kier alpha value is -2.52. The van der Waals surface area contributed by atoms with E-state index in [2.05, 4.69) is 10.6 Å². The van der Waals surface area contributed by atoms with Crippen molar-refractivity contribution in [3.63, 3.8) is 0 Å². The molecule has 4 rings (SSSR count). The maximum absolute atomic E-state index is 12.3. The predicted octanol–water partition coefficient (Wildman–Crippen LogP) is 5.85. The maximum atomic E-state index is 12.3. The van der Waals surface area contributed by atoms with Crippen molar-refractivity contribution in [2.24, 2.45) is 0 Å². The summed E-state index contributed by atoms with van der Waals surface area (Å²) < 4.78 is 7.73. The second kappa shape index (κ2) is 5.25. The first-order valence-electron chi connectivity index (χ1n) is 7.77. The first-order chi connectivity index (χ1) is 11.5. The first kappa shape index (κ1) is 15.0. The number of hydrogen-bond donors (Lipinski definition) is 0. The van der Waals surface area contributed by atoms with Crippen LogP contribution in [-0.2, 0) is 0 Å². The van der Waals surface area contributed by atoms with Gasteiger partial charge in [-0.05, 0) is 62.7 Å². The van der Waals surface area contributed by atoms with Gasteiger partial charge >= 0.3 is 0 Å². The van der Waals surface area contributed by atoms with E-state index < -0.39 is 0 Å². The molecule has 0 bridgehead atoms. The van der Waals surface area contributed by atoms with Crippen LogP contribution in [0.15, 0.2) is 47.1 Å². The Morgan fingerprint density at radius 2 is 1.79 bits per heavy atom. The number of furan rings is 1. The molecule has 0 aliphatic carbocycles. The van der Waals surface area contributed by atoms with E-state index in [1.54, 1.807) is 13.2 Å². The van der Waals surface area contributed by atoms with E-state index in [9.17, 15) is 4.79 Å². The summed E-state index contributed by atoms with van der Waals surface area (Å²) in [5.41, 5.74) is 5.52. The minimum Gasteiger partial charge on any atom is -0.464 e. The number of fused-ring (bicyclic) bond motifs is 2. The molecule has 4 heteroatoms. The molecule has 0 fully saturated rings. The molecule has 0 spiro atoms. The number of rotatable bonds is 2. The van der Waals surface area contributed by atoms with Crippen LogP contribution in [0.2, 0.25) is 5.02 Å². The van der Waals surface area contributed by atoms with Gasteiger partial charge in [-0.1, -0.05) is 11.6 Å². The van der Waals surface area contributed by atoms with Crippen molar-refractivity contribution < 1.29 is 9.21 Å². The summed E-state index contributed by atoms with van der Waals surface area (Å²) in [4.78, 5) is 12.3. The summed E-state index contributed by atoms with van der Waals surface area (Å²) in [6.07, 6.45) is 1.75. The zero-order valence-electron chi connectivity index (χ0n) is 13.7. The third-order valence-electron chi connectivity index (χ3n) is 4.53. The molecule has 2 aromatic heterocycles. The van der Waals surface area contributed by atoms with E-state index in [4.69, 9.17) is 16.0 Å². The first-order valence-corrected chi connectivity index (χ1v) is 8.15. The minimum atomic E-state index is 0.0489. The number of Topliss-reactive ketones (excluding diaryl/α,β-unsaturated/α-hetero) is 1. The van der Waals surface area contributed by atoms with E-state index in [1.807, 2.05) is 44.2 Å². The number of halogens is 1. The highest BCUT2D eigenvalue weighted by Crippen LogP contribution is 2.34. The number of ketones is 1. The van der Waals surface area contributed by atoms with Gasteiger partial charge in [-0.3, -0.25) is 4.79 Å².